The molecule has 1 spiro atoms. The monoisotopic (exact) mass is 683 g/mol. The van der Waals surface area contributed by atoms with Gasteiger partial charge in [0.2, 0.25) is 0 Å². The molecule has 1 heterocycles. The summed E-state index contributed by atoms with van der Waals surface area (Å²) < 4.78 is 6.72. The second-order valence-corrected chi connectivity index (χ2v) is 16.0. The van der Waals surface area contributed by atoms with E-state index < -0.39 is 0 Å². The Kier molecular flexibility index (Phi) is 6.56. The molecule has 0 bridgehead atoms. The zero-order valence-corrected chi connectivity index (χ0v) is 30.3. The van der Waals surface area contributed by atoms with E-state index in [2.05, 4.69) is 170 Å². The lowest BCUT2D eigenvalue weighted by Gasteiger charge is -2.36. The van der Waals surface area contributed by atoms with Crippen LogP contribution in [0.2, 0.25) is 0 Å². The Hall–Kier alpha value is -5.86. The third kappa shape index (κ3) is 4.33. The number of furan rings is 1. The first-order valence-electron chi connectivity index (χ1n) is 19.3. The largest absolute Gasteiger partial charge is 0.454 e. The summed E-state index contributed by atoms with van der Waals surface area (Å²) in [6, 6.07) is 56.4. The molecule has 7 aromatic carbocycles. The molecule has 2 heteroatoms. The van der Waals surface area contributed by atoms with Gasteiger partial charge in [-0.15, -0.1) is 0 Å². The van der Waals surface area contributed by atoms with Crippen LogP contribution in [0.3, 0.4) is 0 Å². The standard InChI is InChI=1S/C51H41NO/c1-50(2)43-20-7-4-15-38(43)41-18-12-17-36(48(41)50)33-24-26-34(27-25-33)52(46-22-13-19-42-40-16-6-9-23-47(40)53-49(42)46)35-28-29-39-37-14-5-8-21-44(37)51(45(39)32-35)30-10-3-11-31-51/h4-9,12-29,32H,3,10-11,30-31H2,1-2H3. The SMILES string of the molecule is CC1(C)c2ccccc2-c2cccc(-c3ccc(N(c4ccc5c(c4)C4(CCCCC4)c4ccccc4-5)c4cccc5c4oc4ccccc45)cc3)c21. The van der Waals surface area contributed by atoms with Gasteiger partial charge in [-0.1, -0.05) is 148 Å². The van der Waals surface area contributed by atoms with E-state index in [1.165, 1.54) is 93.4 Å². The highest BCUT2D eigenvalue weighted by Crippen LogP contribution is 2.57. The van der Waals surface area contributed by atoms with Gasteiger partial charge in [0.1, 0.15) is 5.58 Å². The molecular formula is C51H41NO. The van der Waals surface area contributed by atoms with Crippen molar-refractivity contribution in [3.05, 3.63) is 174 Å². The van der Waals surface area contributed by atoms with Crippen LogP contribution in [0.15, 0.2) is 156 Å². The Morgan fingerprint density at radius 3 is 1.94 bits per heavy atom. The maximum absolute atomic E-state index is 6.72. The second kappa shape index (κ2) is 11.3. The van der Waals surface area contributed by atoms with Crippen molar-refractivity contribution in [3.8, 4) is 33.4 Å². The zero-order valence-electron chi connectivity index (χ0n) is 30.3. The minimum atomic E-state index is -0.0821. The number of para-hydroxylation sites is 2. The summed E-state index contributed by atoms with van der Waals surface area (Å²) in [5.41, 5.74) is 19.0. The summed E-state index contributed by atoms with van der Waals surface area (Å²) >= 11 is 0. The maximum atomic E-state index is 6.72. The lowest BCUT2D eigenvalue weighted by atomic mass is 9.68. The van der Waals surface area contributed by atoms with Gasteiger partial charge in [-0.05, 0) is 105 Å². The zero-order chi connectivity index (χ0) is 35.3. The molecule has 1 fully saturated rings. The number of benzene rings is 7. The molecule has 2 nitrogen and oxygen atoms in total. The summed E-state index contributed by atoms with van der Waals surface area (Å²) in [4.78, 5) is 2.43. The number of nitrogens with zero attached hydrogens (tertiary/aromatic N) is 1. The Labute approximate surface area is 311 Å². The molecule has 3 aliphatic rings. The van der Waals surface area contributed by atoms with Gasteiger partial charge in [-0.2, -0.15) is 0 Å². The summed E-state index contributed by atoms with van der Waals surface area (Å²) in [6.45, 7) is 4.74. The van der Waals surface area contributed by atoms with Crippen LogP contribution in [-0.2, 0) is 10.8 Å². The summed E-state index contributed by atoms with van der Waals surface area (Å²) in [5, 5.41) is 2.28. The number of hydrogen-bond acceptors (Lipinski definition) is 2. The summed E-state index contributed by atoms with van der Waals surface area (Å²) in [7, 11) is 0. The van der Waals surface area contributed by atoms with E-state index in [-0.39, 0.29) is 10.8 Å². The van der Waals surface area contributed by atoms with Gasteiger partial charge in [-0.25, -0.2) is 0 Å². The van der Waals surface area contributed by atoms with E-state index in [9.17, 15) is 0 Å². The highest BCUT2D eigenvalue weighted by molar-refractivity contribution is 6.10. The first-order chi connectivity index (χ1) is 26.0. The average molecular weight is 684 g/mol. The van der Waals surface area contributed by atoms with E-state index in [0.717, 1.165) is 33.3 Å². The van der Waals surface area contributed by atoms with E-state index >= 15 is 0 Å². The number of hydrogen-bond donors (Lipinski definition) is 0. The molecule has 0 radical (unpaired) electrons. The van der Waals surface area contributed by atoms with Crippen LogP contribution < -0.4 is 4.90 Å². The second-order valence-electron chi connectivity index (χ2n) is 16.0. The predicted octanol–water partition coefficient (Wildman–Crippen LogP) is 14.3. The van der Waals surface area contributed by atoms with Gasteiger partial charge in [-0.3, -0.25) is 0 Å². The smallest absolute Gasteiger partial charge is 0.159 e. The van der Waals surface area contributed by atoms with Gasteiger partial charge >= 0.3 is 0 Å². The van der Waals surface area contributed by atoms with Crippen LogP contribution in [0, 0.1) is 0 Å². The highest BCUT2D eigenvalue weighted by Gasteiger charge is 2.44. The van der Waals surface area contributed by atoms with Gasteiger partial charge in [0, 0.05) is 33.0 Å². The van der Waals surface area contributed by atoms with Crippen LogP contribution in [0.1, 0.15) is 68.2 Å². The molecule has 0 aliphatic heterocycles. The minimum absolute atomic E-state index is 0.0686. The summed E-state index contributed by atoms with van der Waals surface area (Å²) in [5.74, 6) is 0. The van der Waals surface area contributed by atoms with Crippen LogP contribution in [0.5, 0.6) is 0 Å². The van der Waals surface area contributed by atoms with Crippen molar-refractivity contribution in [2.75, 3.05) is 4.90 Å². The topological polar surface area (TPSA) is 16.4 Å². The molecule has 1 aromatic heterocycles. The summed E-state index contributed by atoms with van der Waals surface area (Å²) in [6.07, 6.45) is 6.27. The molecule has 11 rings (SSSR count). The van der Waals surface area contributed by atoms with Gasteiger partial charge in [0.25, 0.3) is 0 Å². The quantitative estimate of drug-likeness (QED) is 0.184. The fraction of sp³-hybridized carbons (Fsp3) is 0.176. The van der Waals surface area contributed by atoms with E-state index in [1.54, 1.807) is 0 Å². The van der Waals surface area contributed by atoms with E-state index in [1.807, 2.05) is 0 Å². The van der Waals surface area contributed by atoms with Crippen LogP contribution in [-0.4, -0.2) is 0 Å². The predicted molar refractivity (Wildman–Crippen MR) is 221 cm³/mol. The molecule has 0 N–H and O–H groups in total. The fourth-order valence-electron chi connectivity index (χ4n) is 10.5. The lowest BCUT2D eigenvalue weighted by molar-refractivity contribution is 0.353. The third-order valence-corrected chi connectivity index (χ3v) is 12.9. The lowest BCUT2D eigenvalue weighted by Crippen LogP contribution is -2.28. The molecule has 256 valence electrons. The van der Waals surface area contributed by atoms with Crippen molar-refractivity contribution in [2.45, 2.75) is 56.8 Å². The average Bonchev–Trinajstić information content (AvgIpc) is 3.80. The first kappa shape index (κ1) is 30.7. The van der Waals surface area contributed by atoms with Gasteiger partial charge < -0.3 is 9.32 Å². The minimum Gasteiger partial charge on any atom is -0.454 e. The molecule has 3 aliphatic carbocycles. The van der Waals surface area contributed by atoms with Gasteiger partial charge in [0.15, 0.2) is 5.58 Å². The number of rotatable bonds is 4. The number of anilines is 3. The molecular weight excluding hydrogens is 643 g/mol. The number of fused-ring (bicyclic) bond motifs is 11. The van der Waals surface area contributed by atoms with Gasteiger partial charge in [0.05, 0.1) is 5.69 Å². The molecule has 0 atom stereocenters. The molecule has 53 heavy (non-hydrogen) atoms. The van der Waals surface area contributed by atoms with Crippen molar-refractivity contribution >= 4 is 39.0 Å². The van der Waals surface area contributed by atoms with Crippen LogP contribution in [0.25, 0.3) is 55.3 Å². The Bertz CT molecular complexity index is 2740. The Morgan fingerprint density at radius 2 is 1.11 bits per heavy atom. The first-order valence-corrected chi connectivity index (χ1v) is 19.3. The van der Waals surface area contributed by atoms with Crippen molar-refractivity contribution in [1.29, 1.82) is 0 Å². The van der Waals surface area contributed by atoms with Crippen molar-refractivity contribution in [1.82, 2.24) is 0 Å². The molecule has 8 aromatic rings. The van der Waals surface area contributed by atoms with Crippen LogP contribution in [0.4, 0.5) is 17.1 Å². The third-order valence-electron chi connectivity index (χ3n) is 12.9. The Balaban J connectivity index is 1.10. The van der Waals surface area contributed by atoms with Crippen LogP contribution >= 0.6 is 0 Å². The maximum Gasteiger partial charge on any atom is 0.159 e. The van der Waals surface area contributed by atoms with Crippen molar-refractivity contribution < 1.29 is 4.42 Å². The van der Waals surface area contributed by atoms with Crippen molar-refractivity contribution in [2.24, 2.45) is 0 Å². The molecule has 0 amide bonds. The fourth-order valence-corrected chi connectivity index (χ4v) is 10.5. The van der Waals surface area contributed by atoms with E-state index in [4.69, 9.17) is 4.42 Å². The Morgan fingerprint density at radius 1 is 0.491 bits per heavy atom. The normalized spacial score (nSPS) is 16.0. The molecule has 0 unspecified atom stereocenters. The highest BCUT2D eigenvalue weighted by atomic mass is 16.3. The molecule has 1 saturated carbocycles. The molecule has 0 saturated heterocycles. The van der Waals surface area contributed by atoms with E-state index in [0.29, 0.717) is 0 Å². The van der Waals surface area contributed by atoms with Crippen molar-refractivity contribution in [3.63, 3.8) is 0 Å².